The van der Waals surface area contributed by atoms with Crippen molar-refractivity contribution in [2.45, 2.75) is 12.8 Å². The molecule has 0 amide bonds. The van der Waals surface area contributed by atoms with Crippen LogP contribution in [0, 0.1) is 0 Å². The van der Waals surface area contributed by atoms with Gasteiger partial charge in [0.25, 0.3) is 0 Å². The second-order valence-corrected chi connectivity index (χ2v) is 5.81. The van der Waals surface area contributed by atoms with Crippen molar-refractivity contribution in [3.05, 3.63) is 65.5 Å². The van der Waals surface area contributed by atoms with Crippen molar-refractivity contribution in [1.82, 2.24) is 9.78 Å². The van der Waals surface area contributed by atoms with Crippen LogP contribution >= 0.6 is 0 Å². The van der Waals surface area contributed by atoms with Crippen LogP contribution < -0.4 is 4.74 Å². The van der Waals surface area contributed by atoms with Crippen molar-refractivity contribution >= 4 is 5.97 Å². The quantitative estimate of drug-likeness (QED) is 0.804. The Kier molecular flexibility index (Phi) is 3.34. The number of aryl methyl sites for hydroxylation is 2. The monoisotopic (exact) mass is 320 g/mol. The van der Waals surface area contributed by atoms with E-state index < -0.39 is 5.97 Å². The number of rotatable bonds is 3. The van der Waals surface area contributed by atoms with Crippen LogP contribution in [0.2, 0.25) is 0 Å². The van der Waals surface area contributed by atoms with Gasteiger partial charge in [-0.3, -0.25) is 0 Å². The number of aromatic carboxylic acids is 1. The van der Waals surface area contributed by atoms with Crippen molar-refractivity contribution in [1.29, 1.82) is 0 Å². The van der Waals surface area contributed by atoms with Crippen molar-refractivity contribution in [2.75, 3.05) is 7.11 Å². The van der Waals surface area contributed by atoms with Crippen LogP contribution in [0.1, 0.15) is 21.6 Å². The number of hydrogen-bond acceptors (Lipinski definition) is 3. The molecule has 0 atom stereocenters. The van der Waals surface area contributed by atoms with Gasteiger partial charge in [0.1, 0.15) is 5.75 Å². The number of benzene rings is 2. The van der Waals surface area contributed by atoms with E-state index in [4.69, 9.17) is 9.84 Å². The maximum Gasteiger partial charge on any atom is 0.335 e. The van der Waals surface area contributed by atoms with Gasteiger partial charge in [-0.25, -0.2) is 9.48 Å². The van der Waals surface area contributed by atoms with Gasteiger partial charge in [-0.15, -0.1) is 0 Å². The summed E-state index contributed by atoms with van der Waals surface area (Å²) in [5.41, 5.74) is 5.77. The highest BCUT2D eigenvalue weighted by molar-refractivity contribution is 5.87. The van der Waals surface area contributed by atoms with Crippen LogP contribution in [0.15, 0.2) is 48.7 Å². The molecule has 0 unspecified atom stereocenters. The zero-order chi connectivity index (χ0) is 16.7. The van der Waals surface area contributed by atoms with Crippen molar-refractivity contribution in [3.8, 4) is 22.6 Å². The topological polar surface area (TPSA) is 64.4 Å². The second kappa shape index (κ2) is 5.53. The van der Waals surface area contributed by atoms with E-state index in [-0.39, 0.29) is 5.56 Å². The first-order valence-corrected chi connectivity index (χ1v) is 7.75. The molecule has 24 heavy (non-hydrogen) atoms. The average molecular weight is 320 g/mol. The Morgan fingerprint density at radius 1 is 1.12 bits per heavy atom. The van der Waals surface area contributed by atoms with Gasteiger partial charge in [-0.1, -0.05) is 6.07 Å². The molecule has 0 fully saturated rings. The average Bonchev–Trinajstić information content (AvgIpc) is 3.06. The van der Waals surface area contributed by atoms with Crippen LogP contribution in [0.5, 0.6) is 5.75 Å². The first-order chi connectivity index (χ1) is 11.7. The van der Waals surface area contributed by atoms with Gasteiger partial charge >= 0.3 is 5.97 Å². The third kappa shape index (κ3) is 2.34. The molecule has 5 nitrogen and oxygen atoms in total. The maximum absolute atomic E-state index is 11.0. The molecule has 2 aromatic carbocycles. The Morgan fingerprint density at radius 3 is 2.62 bits per heavy atom. The van der Waals surface area contributed by atoms with Crippen LogP contribution in [0.4, 0.5) is 0 Å². The molecule has 0 saturated heterocycles. The molecule has 0 bridgehead atoms. The lowest BCUT2D eigenvalue weighted by atomic mass is 9.90. The fraction of sp³-hybridized carbons (Fsp3) is 0.158. The Hall–Kier alpha value is -3.08. The van der Waals surface area contributed by atoms with E-state index >= 15 is 0 Å². The number of hydrogen-bond donors (Lipinski definition) is 1. The zero-order valence-corrected chi connectivity index (χ0v) is 13.2. The highest BCUT2D eigenvalue weighted by Crippen LogP contribution is 2.35. The minimum absolute atomic E-state index is 0.271. The van der Waals surface area contributed by atoms with E-state index in [0.717, 1.165) is 35.5 Å². The summed E-state index contributed by atoms with van der Waals surface area (Å²) < 4.78 is 7.12. The molecule has 1 N–H and O–H groups in total. The lowest BCUT2D eigenvalue weighted by Crippen LogP contribution is -2.03. The number of fused-ring (bicyclic) bond motifs is 3. The molecule has 5 heteroatoms. The summed E-state index contributed by atoms with van der Waals surface area (Å²) >= 11 is 0. The zero-order valence-electron chi connectivity index (χ0n) is 13.2. The lowest BCUT2D eigenvalue weighted by Gasteiger charge is -2.15. The number of carboxylic acids is 1. The first-order valence-electron chi connectivity index (χ1n) is 7.75. The maximum atomic E-state index is 11.0. The molecule has 1 heterocycles. The number of carboxylic acid groups (broad SMARTS) is 1. The molecular formula is C19H16N2O3. The minimum atomic E-state index is -0.927. The van der Waals surface area contributed by atoms with Gasteiger partial charge in [0, 0.05) is 11.8 Å². The number of nitrogens with zero attached hydrogens (tertiary/aromatic N) is 2. The molecule has 120 valence electrons. The number of aromatic nitrogens is 2. The fourth-order valence-electron chi connectivity index (χ4n) is 3.13. The molecule has 4 rings (SSSR count). The van der Waals surface area contributed by atoms with Gasteiger partial charge in [-0.05, 0) is 60.4 Å². The predicted molar refractivity (Wildman–Crippen MR) is 89.9 cm³/mol. The van der Waals surface area contributed by atoms with E-state index in [2.05, 4.69) is 17.2 Å². The number of ether oxygens (including phenoxy) is 1. The summed E-state index contributed by atoms with van der Waals surface area (Å²) in [5.74, 6) is -0.0574. The predicted octanol–water partition coefficient (Wildman–Crippen LogP) is 3.34. The van der Waals surface area contributed by atoms with Gasteiger partial charge in [0.05, 0.1) is 24.1 Å². The Balaban J connectivity index is 1.74. The van der Waals surface area contributed by atoms with Gasteiger partial charge in [0.15, 0.2) is 0 Å². The van der Waals surface area contributed by atoms with E-state index in [1.54, 1.807) is 31.4 Å². The second-order valence-electron chi connectivity index (χ2n) is 5.81. The van der Waals surface area contributed by atoms with E-state index in [1.807, 2.05) is 16.9 Å². The molecule has 0 aliphatic heterocycles. The van der Waals surface area contributed by atoms with Crippen molar-refractivity contribution in [3.63, 3.8) is 0 Å². The van der Waals surface area contributed by atoms with Crippen LogP contribution in [0.25, 0.3) is 16.8 Å². The molecule has 0 saturated carbocycles. The molecule has 1 aromatic heterocycles. The van der Waals surface area contributed by atoms with Crippen LogP contribution in [0.3, 0.4) is 0 Å². The molecule has 1 aliphatic rings. The summed E-state index contributed by atoms with van der Waals surface area (Å²) in [6, 6.07) is 12.9. The van der Waals surface area contributed by atoms with Crippen molar-refractivity contribution < 1.29 is 14.6 Å². The highest BCUT2D eigenvalue weighted by Gasteiger charge is 2.20. The largest absolute Gasteiger partial charge is 0.497 e. The number of carbonyl (C=O) groups is 1. The standard InChI is InChI=1S/C19H16N2O3/c1-24-15-7-8-16-13(10-15)4-9-18-17(16)11-21(20-18)14-5-2-12(3-6-14)19(22)23/h2-3,5-8,10-11H,4,9H2,1H3,(H,22,23). The summed E-state index contributed by atoms with van der Waals surface area (Å²) in [6.07, 6.45) is 3.83. The van der Waals surface area contributed by atoms with E-state index in [1.165, 1.54) is 11.1 Å². The third-order valence-corrected chi connectivity index (χ3v) is 4.40. The van der Waals surface area contributed by atoms with Gasteiger partial charge in [-0.2, -0.15) is 5.10 Å². The normalized spacial score (nSPS) is 12.4. The fourth-order valence-corrected chi connectivity index (χ4v) is 3.13. The SMILES string of the molecule is COc1ccc2c(c1)CCc1nn(-c3ccc(C(=O)O)cc3)cc1-2. The molecule has 0 spiro atoms. The first kappa shape index (κ1) is 14.5. The molecule has 1 aliphatic carbocycles. The Labute approximate surface area is 139 Å². The Bertz CT molecular complexity index is 926. The smallest absolute Gasteiger partial charge is 0.335 e. The van der Waals surface area contributed by atoms with Gasteiger partial charge < -0.3 is 9.84 Å². The number of methoxy groups -OCH3 is 1. The summed E-state index contributed by atoms with van der Waals surface area (Å²) in [4.78, 5) is 11.0. The lowest BCUT2D eigenvalue weighted by molar-refractivity contribution is 0.0697. The van der Waals surface area contributed by atoms with Crippen LogP contribution in [-0.4, -0.2) is 28.0 Å². The summed E-state index contributed by atoms with van der Waals surface area (Å²) in [6.45, 7) is 0. The molecular weight excluding hydrogens is 304 g/mol. The highest BCUT2D eigenvalue weighted by atomic mass is 16.5. The molecule has 0 radical (unpaired) electrons. The van der Waals surface area contributed by atoms with E-state index in [9.17, 15) is 4.79 Å². The molecule has 3 aromatic rings. The third-order valence-electron chi connectivity index (χ3n) is 4.40. The summed E-state index contributed by atoms with van der Waals surface area (Å²) in [7, 11) is 1.68. The Morgan fingerprint density at radius 2 is 1.92 bits per heavy atom. The summed E-state index contributed by atoms with van der Waals surface area (Å²) in [5, 5.41) is 13.7. The minimum Gasteiger partial charge on any atom is -0.497 e. The van der Waals surface area contributed by atoms with E-state index in [0.29, 0.717) is 0 Å². The van der Waals surface area contributed by atoms with Gasteiger partial charge in [0.2, 0.25) is 0 Å². The van der Waals surface area contributed by atoms with Crippen LogP contribution in [-0.2, 0) is 12.8 Å². The van der Waals surface area contributed by atoms with Crippen molar-refractivity contribution in [2.24, 2.45) is 0 Å².